The van der Waals surface area contributed by atoms with Crippen LogP contribution < -0.4 is 0 Å². The number of allylic oxidation sites excluding steroid dienone is 2. The summed E-state index contributed by atoms with van der Waals surface area (Å²) in [6.07, 6.45) is 7.20. The van der Waals surface area contributed by atoms with Gasteiger partial charge in [-0.1, -0.05) is 40.2 Å². The van der Waals surface area contributed by atoms with E-state index < -0.39 is 0 Å². The molecule has 2 nitrogen and oxygen atoms in total. The Kier molecular flexibility index (Phi) is 4.59. The van der Waals surface area contributed by atoms with Crippen LogP contribution in [0.4, 0.5) is 0 Å². The average molecular weight is 308 g/mol. The summed E-state index contributed by atoms with van der Waals surface area (Å²) in [6, 6.07) is 8.12. The van der Waals surface area contributed by atoms with Gasteiger partial charge in [0, 0.05) is 24.0 Å². The molecule has 1 unspecified atom stereocenters. The molecule has 0 N–H and O–H groups in total. The van der Waals surface area contributed by atoms with Crippen LogP contribution in [0.25, 0.3) is 0 Å². The van der Waals surface area contributed by atoms with Crippen LogP contribution in [0.2, 0.25) is 0 Å². The zero-order valence-corrected chi connectivity index (χ0v) is 12.2. The summed E-state index contributed by atoms with van der Waals surface area (Å²) in [6.45, 7) is 0.687. The molecule has 0 aromatic heterocycles. The van der Waals surface area contributed by atoms with Gasteiger partial charge in [0.05, 0.1) is 0 Å². The van der Waals surface area contributed by atoms with Crippen LogP contribution in [0.5, 0.6) is 0 Å². The Bertz CT molecular complexity index is 438. The van der Waals surface area contributed by atoms with E-state index >= 15 is 0 Å². The van der Waals surface area contributed by atoms with Gasteiger partial charge in [0.25, 0.3) is 0 Å². The van der Waals surface area contributed by atoms with Crippen LogP contribution in [0.1, 0.15) is 24.8 Å². The van der Waals surface area contributed by atoms with Crippen molar-refractivity contribution < 1.29 is 4.79 Å². The number of hydrogen-bond acceptors (Lipinski definition) is 1. The highest BCUT2D eigenvalue weighted by Gasteiger charge is 2.21. The number of amides is 1. The number of nitrogens with zero attached hydrogens (tertiary/aromatic N) is 1. The van der Waals surface area contributed by atoms with Crippen LogP contribution in [0.3, 0.4) is 0 Å². The van der Waals surface area contributed by atoms with Crippen molar-refractivity contribution in [2.75, 3.05) is 7.05 Å². The quantitative estimate of drug-likeness (QED) is 0.779. The maximum atomic E-state index is 12.3. The topological polar surface area (TPSA) is 20.3 Å². The van der Waals surface area contributed by atoms with Gasteiger partial charge >= 0.3 is 0 Å². The maximum absolute atomic E-state index is 12.3. The monoisotopic (exact) mass is 307 g/mol. The van der Waals surface area contributed by atoms with Crippen LogP contribution in [0, 0.1) is 5.92 Å². The van der Waals surface area contributed by atoms with Gasteiger partial charge in [-0.25, -0.2) is 0 Å². The number of carbonyl (C=O) groups excluding carboxylic acids is 1. The van der Waals surface area contributed by atoms with Crippen molar-refractivity contribution in [1.82, 2.24) is 4.90 Å². The smallest absolute Gasteiger partial charge is 0.226 e. The van der Waals surface area contributed by atoms with E-state index in [0.29, 0.717) is 6.54 Å². The molecule has 1 amide bonds. The lowest BCUT2D eigenvalue weighted by Crippen LogP contribution is -2.32. The van der Waals surface area contributed by atoms with Crippen molar-refractivity contribution in [3.8, 4) is 0 Å². The fourth-order valence-corrected chi connectivity index (χ4v) is 2.54. The van der Waals surface area contributed by atoms with E-state index in [0.717, 1.165) is 23.7 Å². The molecule has 0 bridgehead atoms. The highest BCUT2D eigenvalue weighted by molar-refractivity contribution is 9.10. The number of carbonyl (C=O) groups is 1. The predicted molar refractivity (Wildman–Crippen MR) is 77.1 cm³/mol. The lowest BCUT2D eigenvalue weighted by Gasteiger charge is -2.24. The highest BCUT2D eigenvalue weighted by Crippen LogP contribution is 2.21. The van der Waals surface area contributed by atoms with E-state index in [9.17, 15) is 4.79 Å². The van der Waals surface area contributed by atoms with E-state index in [1.165, 1.54) is 5.56 Å². The number of hydrogen-bond donors (Lipinski definition) is 0. The van der Waals surface area contributed by atoms with Gasteiger partial charge < -0.3 is 4.90 Å². The third-order valence-electron chi connectivity index (χ3n) is 3.33. The van der Waals surface area contributed by atoms with Gasteiger partial charge in [-0.3, -0.25) is 4.79 Å². The summed E-state index contributed by atoms with van der Waals surface area (Å²) in [5.41, 5.74) is 1.17. The molecule has 1 atom stereocenters. The molecule has 3 heteroatoms. The summed E-state index contributed by atoms with van der Waals surface area (Å²) < 4.78 is 1.07. The molecule has 1 aliphatic rings. The van der Waals surface area contributed by atoms with Crippen LogP contribution in [0.15, 0.2) is 40.9 Å². The van der Waals surface area contributed by atoms with Crippen molar-refractivity contribution in [3.05, 3.63) is 46.5 Å². The van der Waals surface area contributed by atoms with Crippen LogP contribution >= 0.6 is 15.9 Å². The normalized spacial score (nSPS) is 18.7. The summed E-state index contributed by atoms with van der Waals surface area (Å²) in [5, 5.41) is 0. The molecular formula is C15H18BrNO. The van der Waals surface area contributed by atoms with Gasteiger partial charge in [0.2, 0.25) is 5.91 Å². The van der Waals surface area contributed by atoms with Crippen LogP contribution in [-0.2, 0) is 11.3 Å². The number of benzene rings is 1. The first-order valence-electron chi connectivity index (χ1n) is 6.31. The molecule has 1 aromatic carbocycles. The molecular weight excluding hydrogens is 290 g/mol. The van der Waals surface area contributed by atoms with E-state index in [1.54, 1.807) is 0 Å². The van der Waals surface area contributed by atoms with E-state index in [4.69, 9.17) is 0 Å². The minimum atomic E-state index is 0.176. The molecule has 0 saturated heterocycles. The molecule has 0 aliphatic heterocycles. The molecule has 0 radical (unpaired) electrons. The molecule has 0 fully saturated rings. The van der Waals surface area contributed by atoms with Gasteiger partial charge in [-0.05, 0) is 37.0 Å². The molecule has 96 valence electrons. The maximum Gasteiger partial charge on any atom is 0.226 e. The second-order valence-electron chi connectivity index (χ2n) is 4.80. The fourth-order valence-electron chi connectivity index (χ4n) is 2.27. The Labute approximate surface area is 117 Å². The van der Waals surface area contributed by atoms with Crippen molar-refractivity contribution in [1.29, 1.82) is 0 Å². The molecule has 1 aliphatic carbocycles. The van der Waals surface area contributed by atoms with Gasteiger partial charge in [-0.15, -0.1) is 0 Å². The SMILES string of the molecule is CN(Cc1ccc(Br)cc1)C(=O)C1CC=CCC1. The number of rotatable bonds is 3. The Balaban J connectivity index is 1.94. The minimum Gasteiger partial charge on any atom is -0.341 e. The lowest BCUT2D eigenvalue weighted by atomic mass is 9.93. The molecule has 2 rings (SSSR count). The first-order chi connectivity index (χ1) is 8.66. The summed E-state index contributed by atoms with van der Waals surface area (Å²) in [4.78, 5) is 14.1. The third kappa shape index (κ3) is 3.45. The summed E-state index contributed by atoms with van der Waals surface area (Å²) >= 11 is 3.42. The Morgan fingerprint density at radius 1 is 1.33 bits per heavy atom. The molecule has 0 saturated carbocycles. The Hall–Kier alpha value is -1.09. The Morgan fingerprint density at radius 3 is 2.67 bits per heavy atom. The zero-order chi connectivity index (χ0) is 13.0. The van der Waals surface area contributed by atoms with Gasteiger partial charge in [-0.2, -0.15) is 0 Å². The van der Waals surface area contributed by atoms with E-state index in [1.807, 2.05) is 24.1 Å². The van der Waals surface area contributed by atoms with Gasteiger partial charge in [0.15, 0.2) is 0 Å². The molecule has 18 heavy (non-hydrogen) atoms. The largest absolute Gasteiger partial charge is 0.341 e. The zero-order valence-electron chi connectivity index (χ0n) is 10.6. The van der Waals surface area contributed by atoms with Crippen LogP contribution in [-0.4, -0.2) is 17.9 Å². The first kappa shape index (κ1) is 13.3. The van der Waals surface area contributed by atoms with Gasteiger partial charge in [0.1, 0.15) is 0 Å². The highest BCUT2D eigenvalue weighted by atomic mass is 79.9. The van der Waals surface area contributed by atoms with Crippen molar-refractivity contribution >= 4 is 21.8 Å². The summed E-state index contributed by atoms with van der Waals surface area (Å²) in [5.74, 6) is 0.442. The molecule has 0 heterocycles. The minimum absolute atomic E-state index is 0.176. The van der Waals surface area contributed by atoms with Crippen molar-refractivity contribution in [2.45, 2.75) is 25.8 Å². The fraction of sp³-hybridized carbons (Fsp3) is 0.400. The third-order valence-corrected chi connectivity index (χ3v) is 3.86. The Morgan fingerprint density at radius 2 is 2.06 bits per heavy atom. The molecule has 1 aromatic rings. The lowest BCUT2D eigenvalue weighted by molar-refractivity contribution is -0.135. The van der Waals surface area contributed by atoms with Crippen molar-refractivity contribution in [2.24, 2.45) is 5.92 Å². The summed E-state index contributed by atoms with van der Waals surface area (Å²) in [7, 11) is 1.89. The second-order valence-corrected chi connectivity index (χ2v) is 5.72. The standard InChI is InChI=1S/C15H18BrNO/c1-17(11-12-7-9-14(16)10-8-12)15(18)13-5-3-2-4-6-13/h2-3,7-10,13H,4-6,11H2,1H3. The van der Waals surface area contributed by atoms with E-state index in [2.05, 4.69) is 40.2 Å². The molecule has 0 spiro atoms. The van der Waals surface area contributed by atoms with E-state index in [-0.39, 0.29) is 11.8 Å². The van der Waals surface area contributed by atoms with Crippen molar-refractivity contribution in [3.63, 3.8) is 0 Å². The number of halogens is 1. The first-order valence-corrected chi connectivity index (χ1v) is 7.10. The predicted octanol–water partition coefficient (Wildman–Crippen LogP) is 3.76. The average Bonchev–Trinajstić information content (AvgIpc) is 2.41. The second kappa shape index (κ2) is 6.19.